The monoisotopic (exact) mass is 289 g/mol. The third kappa shape index (κ3) is 2.43. The number of nitrogens with zero attached hydrogens (tertiary/aromatic N) is 3. The highest BCUT2D eigenvalue weighted by atomic mass is 15.3. The van der Waals surface area contributed by atoms with E-state index in [9.17, 15) is 0 Å². The summed E-state index contributed by atoms with van der Waals surface area (Å²) in [5.41, 5.74) is 6.76. The van der Waals surface area contributed by atoms with Crippen LogP contribution in [0.3, 0.4) is 0 Å². The van der Waals surface area contributed by atoms with Crippen LogP contribution in [0.25, 0.3) is 11.4 Å². The lowest BCUT2D eigenvalue weighted by Gasteiger charge is -2.14. The van der Waals surface area contributed by atoms with E-state index < -0.39 is 0 Å². The average molecular weight is 289 g/mol. The molecule has 0 N–H and O–H groups in total. The van der Waals surface area contributed by atoms with Crippen LogP contribution in [-0.4, -0.2) is 14.8 Å². The largest absolute Gasteiger partial charge is 0.249 e. The fourth-order valence-corrected chi connectivity index (χ4v) is 3.19. The molecule has 0 fully saturated rings. The van der Waals surface area contributed by atoms with E-state index in [1.54, 1.807) is 6.33 Å². The minimum absolute atomic E-state index is 0.961. The Kier molecular flexibility index (Phi) is 3.26. The molecule has 0 unspecified atom stereocenters. The van der Waals surface area contributed by atoms with Crippen molar-refractivity contribution in [2.24, 2.45) is 7.05 Å². The van der Waals surface area contributed by atoms with E-state index in [1.165, 1.54) is 27.8 Å². The number of hydrogen-bond donors (Lipinski definition) is 0. The third-order valence-corrected chi connectivity index (χ3v) is 4.53. The van der Waals surface area contributed by atoms with Crippen LogP contribution >= 0.6 is 0 Å². The van der Waals surface area contributed by atoms with Crippen molar-refractivity contribution < 1.29 is 0 Å². The first-order valence-corrected chi connectivity index (χ1v) is 7.83. The van der Waals surface area contributed by atoms with Gasteiger partial charge in [0.25, 0.3) is 0 Å². The summed E-state index contributed by atoms with van der Waals surface area (Å²) in [6.45, 7) is 0. The first kappa shape index (κ1) is 13.3. The van der Waals surface area contributed by atoms with Crippen molar-refractivity contribution in [2.75, 3.05) is 0 Å². The van der Waals surface area contributed by atoms with Crippen molar-refractivity contribution in [2.45, 2.75) is 25.7 Å². The van der Waals surface area contributed by atoms with Crippen LogP contribution in [0.1, 0.15) is 22.3 Å². The fraction of sp³-hybridized carbons (Fsp3) is 0.263. The predicted molar refractivity (Wildman–Crippen MR) is 87.7 cm³/mol. The van der Waals surface area contributed by atoms with Gasteiger partial charge >= 0.3 is 0 Å². The van der Waals surface area contributed by atoms with Crippen molar-refractivity contribution in [3.8, 4) is 11.4 Å². The maximum absolute atomic E-state index is 4.45. The van der Waals surface area contributed by atoms with Gasteiger partial charge in [-0.2, -0.15) is 5.10 Å². The fourth-order valence-electron chi connectivity index (χ4n) is 3.19. The Morgan fingerprint density at radius 2 is 1.45 bits per heavy atom. The zero-order chi connectivity index (χ0) is 14.9. The molecule has 22 heavy (non-hydrogen) atoms. The zero-order valence-corrected chi connectivity index (χ0v) is 12.8. The molecule has 0 atom stereocenters. The van der Waals surface area contributed by atoms with Gasteiger partial charge in [-0.25, -0.2) is 9.67 Å². The minimum Gasteiger partial charge on any atom is -0.249 e. The Balaban J connectivity index is 1.81. The molecule has 3 aromatic rings. The molecule has 3 heteroatoms. The van der Waals surface area contributed by atoms with Gasteiger partial charge in [0.1, 0.15) is 6.33 Å². The van der Waals surface area contributed by atoms with Crippen molar-refractivity contribution in [3.63, 3.8) is 0 Å². The molecule has 0 radical (unpaired) electrons. The molecule has 0 saturated heterocycles. The number of benzene rings is 2. The second-order valence-corrected chi connectivity index (χ2v) is 6.02. The van der Waals surface area contributed by atoms with Crippen LogP contribution in [0, 0.1) is 0 Å². The van der Waals surface area contributed by atoms with Gasteiger partial charge < -0.3 is 0 Å². The molecular formula is C19H19N3. The van der Waals surface area contributed by atoms with Crippen molar-refractivity contribution in [1.82, 2.24) is 14.8 Å². The second-order valence-electron chi connectivity index (χ2n) is 6.02. The third-order valence-electron chi connectivity index (χ3n) is 4.53. The van der Waals surface area contributed by atoms with Crippen molar-refractivity contribution in [3.05, 3.63) is 71.0 Å². The molecule has 2 aromatic carbocycles. The van der Waals surface area contributed by atoms with Crippen LogP contribution in [0.15, 0.2) is 48.8 Å². The molecule has 1 aromatic heterocycles. The molecule has 0 spiro atoms. The highest BCUT2D eigenvalue weighted by Gasteiger charge is 2.12. The Morgan fingerprint density at radius 3 is 2.14 bits per heavy atom. The van der Waals surface area contributed by atoms with E-state index in [2.05, 4.69) is 52.5 Å². The van der Waals surface area contributed by atoms with E-state index in [0.717, 1.165) is 31.5 Å². The molecule has 0 saturated carbocycles. The SMILES string of the molecule is Cn1ncnc1-c1cc2ccc1CCc1ccc(cc1)CC2. The van der Waals surface area contributed by atoms with Gasteiger partial charge in [0.2, 0.25) is 0 Å². The van der Waals surface area contributed by atoms with Gasteiger partial charge in [0.15, 0.2) is 5.82 Å². The van der Waals surface area contributed by atoms with Gasteiger partial charge in [-0.3, -0.25) is 0 Å². The number of rotatable bonds is 1. The van der Waals surface area contributed by atoms with Crippen LogP contribution < -0.4 is 0 Å². The lowest BCUT2D eigenvalue weighted by atomic mass is 9.93. The number of hydrogen-bond acceptors (Lipinski definition) is 2. The smallest absolute Gasteiger partial charge is 0.158 e. The van der Waals surface area contributed by atoms with Crippen LogP contribution in [0.2, 0.25) is 0 Å². The molecule has 1 heterocycles. The second kappa shape index (κ2) is 5.41. The molecule has 0 aliphatic heterocycles. The number of aromatic nitrogens is 3. The zero-order valence-electron chi connectivity index (χ0n) is 12.8. The quantitative estimate of drug-likeness (QED) is 0.687. The summed E-state index contributed by atoms with van der Waals surface area (Å²) in [7, 11) is 1.96. The van der Waals surface area contributed by atoms with E-state index in [-0.39, 0.29) is 0 Å². The molecule has 4 aliphatic rings. The summed E-state index contributed by atoms with van der Waals surface area (Å²) in [5, 5.41) is 4.23. The van der Waals surface area contributed by atoms with Crippen molar-refractivity contribution >= 4 is 0 Å². The van der Waals surface area contributed by atoms with Gasteiger partial charge in [0.05, 0.1) is 0 Å². The van der Waals surface area contributed by atoms with E-state index in [0.29, 0.717) is 0 Å². The van der Waals surface area contributed by atoms with Crippen LogP contribution in [0.4, 0.5) is 0 Å². The molecule has 3 nitrogen and oxygen atoms in total. The molecule has 7 rings (SSSR count). The Bertz CT molecular complexity index is 800. The van der Waals surface area contributed by atoms with E-state index in [1.807, 2.05) is 11.7 Å². The summed E-state index contributed by atoms with van der Waals surface area (Å²) in [4.78, 5) is 4.45. The topological polar surface area (TPSA) is 30.7 Å². The maximum atomic E-state index is 4.45. The highest BCUT2D eigenvalue weighted by molar-refractivity contribution is 5.62. The summed E-state index contributed by atoms with van der Waals surface area (Å²) in [6, 6.07) is 15.9. The molecule has 4 bridgehead atoms. The van der Waals surface area contributed by atoms with Gasteiger partial charge in [-0.15, -0.1) is 0 Å². The first-order valence-electron chi connectivity index (χ1n) is 7.83. The highest BCUT2D eigenvalue weighted by Crippen LogP contribution is 2.26. The lowest BCUT2D eigenvalue weighted by molar-refractivity contribution is 0.772. The summed E-state index contributed by atoms with van der Waals surface area (Å²) >= 11 is 0. The lowest BCUT2D eigenvalue weighted by Crippen LogP contribution is -2.03. The minimum atomic E-state index is 0.961. The summed E-state index contributed by atoms with van der Waals surface area (Å²) < 4.78 is 1.86. The van der Waals surface area contributed by atoms with Crippen LogP contribution in [-0.2, 0) is 32.7 Å². The van der Waals surface area contributed by atoms with Crippen LogP contribution in [0.5, 0.6) is 0 Å². The van der Waals surface area contributed by atoms with E-state index >= 15 is 0 Å². The first-order chi connectivity index (χ1) is 10.8. The van der Waals surface area contributed by atoms with Gasteiger partial charge in [0, 0.05) is 12.6 Å². The molecule has 110 valence electrons. The summed E-state index contributed by atoms with van der Waals surface area (Å²) in [6.07, 6.45) is 5.86. The van der Waals surface area contributed by atoms with Crippen molar-refractivity contribution in [1.29, 1.82) is 0 Å². The Hall–Kier alpha value is -2.42. The predicted octanol–water partition coefficient (Wildman–Crippen LogP) is 3.37. The Morgan fingerprint density at radius 1 is 0.818 bits per heavy atom. The van der Waals surface area contributed by atoms with Gasteiger partial charge in [-0.05, 0) is 54.0 Å². The molecular weight excluding hydrogens is 270 g/mol. The van der Waals surface area contributed by atoms with E-state index in [4.69, 9.17) is 0 Å². The number of aryl methyl sites for hydroxylation is 5. The molecule has 0 amide bonds. The maximum Gasteiger partial charge on any atom is 0.158 e. The average Bonchev–Trinajstić information content (AvgIpc) is 2.96. The summed E-state index contributed by atoms with van der Waals surface area (Å²) in [5.74, 6) is 0.961. The Labute approximate surface area is 130 Å². The van der Waals surface area contributed by atoms with Gasteiger partial charge in [-0.1, -0.05) is 36.4 Å². The normalized spacial score (nSPS) is 13.9. The molecule has 4 aliphatic carbocycles. The standard InChI is InChI=1S/C19H19N3/c1-22-19(20-13-21-22)18-12-16-7-6-14-2-4-15(5-3-14)8-10-17(18)11-9-16/h2-5,9,11-13H,6-8,10H2,1H3.